The number of hydrogen-bond donors (Lipinski definition) is 0. The number of benzene rings is 1. The normalized spacial score (nSPS) is 14.4. The van der Waals surface area contributed by atoms with Crippen molar-refractivity contribution in [2.24, 2.45) is 0 Å². The molecule has 1 saturated heterocycles. The Bertz CT molecular complexity index is 759. The van der Waals surface area contributed by atoms with Gasteiger partial charge in [0.15, 0.2) is 0 Å². The van der Waals surface area contributed by atoms with Gasteiger partial charge < -0.3 is 14.5 Å². The van der Waals surface area contributed by atoms with E-state index in [2.05, 4.69) is 14.9 Å². The van der Waals surface area contributed by atoms with Gasteiger partial charge in [0.05, 0.1) is 6.61 Å². The fraction of sp³-hybridized carbons (Fsp3) is 0.421. The van der Waals surface area contributed by atoms with Gasteiger partial charge in [0.2, 0.25) is 5.88 Å². The Kier molecular flexibility index (Phi) is 5.65. The monoisotopic (exact) mass is 358 g/mol. The largest absolute Gasteiger partial charge is 0.478 e. The quantitative estimate of drug-likeness (QED) is 0.822. The van der Waals surface area contributed by atoms with Crippen LogP contribution in [0.4, 0.5) is 10.2 Å². The number of nitrogens with zero attached hydrogens (tertiary/aromatic N) is 4. The second-order valence-electron chi connectivity index (χ2n) is 6.25. The molecule has 1 fully saturated rings. The predicted octanol–water partition coefficient (Wildman–Crippen LogP) is 2.68. The Morgan fingerprint density at radius 3 is 2.50 bits per heavy atom. The maximum absolute atomic E-state index is 13.0. The van der Waals surface area contributed by atoms with Crippen molar-refractivity contribution in [1.82, 2.24) is 14.9 Å². The molecule has 0 aliphatic carbocycles. The summed E-state index contributed by atoms with van der Waals surface area (Å²) in [5, 5.41) is 0. The molecule has 7 heteroatoms. The Morgan fingerprint density at radius 2 is 1.85 bits per heavy atom. The van der Waals surface area contributed by atoms with Gasteiger partial charge in [-0.2, -0.15) is 4.98 Å². The molecular formula is C19H23FN4O2. The minimum atomic E-state index is -0.341. The van der Waals surface area contributed by atoms with Gasteiger partial charge in [0.1, 0.15) is 17.5 Å². The average Bonchev–Trinajstić information content (AvgIpc) is 2.66. The molecule has 3 rings (SSSR count). The summed E-state index contributed by atoms with van der Waals surface area (Å²) in [5.74, 6) is 1.65. The van der Waals surface area contributed by atoms with Crippen molar-refractivity contribution >= 4 is 11.7 Å². The first-order valence-corrected chi connectivity index (χ1v) is 8.85. The predicted molar refractivity (Wildman–Crippen MR) is 97.1 cm³/mol. The fourth-order valence-electron chi connectivity index (χ4n) is 2.88. The molecule has 138 valence electrons. The molecule has 26 heavy (non-hydrogen) atoms. The van der Waals surface area contributed by atoms with Crippen LogP contribution in [0, 0.1) is 12.7 Å². The van der Waals surface area contributed by atoms with Crippen LogP contribution in [0.25, 0.3) is 0 Å². The first kappa shape index (κ1) is 18.1. The second-order valence-corrected chi connectivity index (χ2v) is 6.25. The number of hydrogen-bond acceptors (Lipinski definition) is 5. The highest BCUT2D eigenvalue weighted by Crippen LogP contribution is 2.20. The van der Waals surface area contributed by atoms with Gasteiger partial charge in [-0.25, -0.2) is 9.37 Å². The van der Waals surface area contributed by atoms with Crippen LogP contribution in [0.3, 0.4) is 0 Å². The minimum Gasteiger partial charge on any atom is -0.478 e. The van der Waals surface area contributed by atoms with Crippen LogP contribution in [-0.2, 0) is 0 Å². The van der Waals surface area contributed by atoms with E-state index in [1.807, 2.05) is 19.9 Å². The molecule has 1 aliphatic heterocycles. The SMILES string of the molecule is CCCOc1cc(N2CCN(C(=O)c3ccc(F)cc3)CC2)nc(C)n1. The number of carbonyl (C=O) groups excluding carboxylic acids is 1. The summed E-state index contributed by atoms with van der Waals surface area (Å²) in [5.41, 5.74) is 0.507. The van der Waals surface area contributed by atoms with Crippen molar-refractivity contribution in [3.63, 3.8) is 0 Å². The topological polar surface area (TPSA) is 58.6 Å². The Morgan fingerprint density at radius 1 is 1.15 bits per heavy atom. The van der Waals surface area contributed by atoms with Gasteiger partial charge in [-0.1, -0.05) is 6.92 Å². The molecule has 0 bridgehead atoms. The van der Waals surface area contributed by atoms with E-state index >= 15 is 0 Å². The molecule has 0 unspecified atom stereocenters. The maximum atomic E-state index is 13.0. The summed E-state index contributed by atoms with van der Waals surface area (Å²) >= 11 is 0. The molecule has 2 heterocycles. The Balaban J connectivity index is 1.64. The lowest BCUT2D eigenvalue weighted by Gasteiger charge is -2.35. The van der Waals surface area contributed by atoms with Crippen molar-refractivity contribution in [2.75, 3.05) is 37.7 Å². The molecular weight excluding hydrogens is 335 g/mol. The van der Waals surface area contributed by atoms with Crippen LogP contribution in [0.15, 0.2) is 30.3 Å². The van der Waals surface area contributed by atoms with Gasteiger partial charge in [0, 0.05) is 37.8 Å². The zero-order valence-electron chi connectivity index (χ0n) is 15.1. The highest BCUT2D eigenvalue weighted by molar-refractivity contribution is 5.94. The Labute approximate surface area is 152 Å². The summed E-state index contributed by atoms with van der Waals surface area (Å²) in [6, 6.07) is 7.51. The van der Waals surface area contributed by atoms with E-state index in [1.165, 1.54) is 24.3 Å². The number of ether oxygens (including phenoxy) is 1. The lowest BCUT2D eigenvalue weighted by Crippen LogP contribution is -2.49. The van der Waals surface area contributed by atoms with Crippen molar-refractivity contribution < 1.29 is 13.9 Å². The van der Waals surface area contributed by atoms with Gasteiger partial charge in [0.25, 0.3) is 5.91 Å². The highest BCUT2D eigenvalue weighted by Gasteiger charge is 2.23. The van der Waals surface area contributed by atoms with E-state index in [-0.39, 0.29) is 11.7 Å². The summed E-state index contributed by atoms with van der Waals surface area (Å²) in [6.45, 7) is 7.04. The molecule has 2 aromatic rings. The first-order chi connectivity index (χ1) is 12.6. The summed E-state index contributed by atoms with van der Waals surface area (Å²) < 4.78 is 18.6. The second kappa shape index (κ2) is 8.12. The van der Waals surface area contributed by atoms with E-state index < -0.39 is 0 Å². The Hall–Kier alpha value is -2.70. The molecule has 1 aromatic carbocycles. The van der Waals surface area contributed by atoms with Crippen LogP contribution in [-0.4, -0.2) is 53.6 Å². The zero-order chi connectivity index (χ0) is 18.5. The number of piperazine rings is 1. The number of rotatable bonds is 5. The van der Waals surface area contributed by atoms with E-state index in [9.17, 15) is 9.18 Å². The van der Waals surface area contributed by atoms with Crippen molar-refractivity contribution in [3.8, 4) is 5.88 Å². The number of amides is 1. The summed E-state index contributed by atoms with van der Waals surface area (Å²) in [6.07, 6.45) is 0.919. The van der Waals surface area contributed by atoms with Crippen molar-refractivity contribution in [1.29, 1.82) is 0 Å². The standard InChI is InChI=1S/C19H23FN4O2/c1-3-12-26-18-13-17(21-14(2)22-18)23-8-10-24(11-9-23)19(25)15-4-6-16(20)7-5-15/h4-7,13H,3,8-12H2,1-2H3. The molecule has 6 nitrogen and oxygen atoms in total. The zero-order valence-corrected chi connectivity index (χ0v) is 15.1. The summed E-state index contributed by atoms with van der Waals surface area (Å²) in [4.78, 5) is 25.2. The third-order valence-corrected chi connectivity index (χ3v) is 4.24. The third kappa shape index (κ3) is 4.28. The highest BCUT2D eigenvalue weighted by atomic mass is 19.1. The molecule has 0 radical (unpaired) electrons. The van der Waals surface area contributed by atoms with Gasteiger partial charge in [-0.15, -0.1) is 0 Å². The van der Waals surface area contributed by atoms with Gasteiger partial charge >= 0.3 is 0 Å². The van der Waals surface area contributed by atoms with Crippen LogP contribution in [0.5, 0.6) is 5.88 Å². The average molecular weight is 358 g/mol. The molecule has 0 saturated carbocycles. The van der Waals surface area contributed by atoms with E-state index in [0.717, 1.165) is 12.2 Å². The lowest BCUT2D eigenvalue weighted by molar-refractivity contribution is 0.0746. The third-order valence-electron chi connectivity index (χ3n) is 4.24. The van der Waals surface area contributed by atoms with Crippen molar-refractivity contribution in [2.45, 2.75) is 20.3 Å². The minimum absolute atomic E-state index is 0.0736. The molecule has 0 atom stereocenters. The number of aryl methyl sites for hydroxylation is 1. The van der Waals surface area contributed by atoms with Gasteiger partial charge in [-0.05, 0) is 37.6 Å². The molecule has 1 amide bonds. The fourth-order valence-corrected chi connectivity index (χ4v) is 2.88. The summed E-state index contributed by atoms with van der Waals surface area (Å²) in [7, 11) is 0. The van der Waals surface area contributed by atoms with Crippen LogP contribution in [0.1, 0.15) is 29.5 Å². The number of aromatic nitrogens is 2. The van der Waals surface area contributed by atoms with E-state index in [1.54, 1.807) is 4.90 Å². The molecule has 0 spiro atoms. The smallest absolute Gasteiger partial charge is 0.253 e. The first-order valence-electron chi connectivity index (χ1n) is 8.85. The van der Waals surface area contributed by atoms with Crippen LogP contribution in [0.2, 0.25) is 0 Å². The van der Waals surface area contributed by atoms with Gasteiger partial charge in [-0.3, -0.25) is 4.79 Å². The van der Waals surface area contributed by atoms with Crippen LogP contribution < -0.4 is 9.64 Å². The lowest BCUT2D eigenvalue weighted by atomic mass is 10.2. The maximum Gasteiger partial charge on any atom is 0.253 e. The molecule has 1 aromatic heterocycles. The van der Waals surface area contributed by atoms with E-state index in [4.69, 9.17) is 4.74 Å². The number of carbonyl (C=O) groups is 1. The van der Waals surface area contributed by atoms with Crippen LogP contribution >= 0.6 is 0 Å². The number of halogens is 1. The molecule has 1 aliphatic rings. The number of anilines is 1. The van der Waals surface area contributed by atoms with E-state index in [0.29, 0.717) is 50.1 Å². The molecule has 0 N–H and O–H groups in total. The van der Waals surface area contributed by atoms with Crippen molar-refractivity contribution in [3.05, 3.63) is 47.5 Å².